The van der Waals surface area contributed by atoms with Crippen molar-refractivity contribution in [3.05, 3.63) is 0 Å². The Morgan fingerprint density at radius 2 is 2.29 bits per heavy atom. The minimum absolute atomic E-state index is 0.0807. The van der Waals surface area contributed by atoms with Crippen molar-refractivity contribution in [1.82, 2.24) is 10.2 Å². The molecule has 1 saturated heterocycles. The number of terminal acetylenes is 1. The molecule has 2 nitrogen and oxygen atoms in total. The molecule has 0 aliphatic carbocycles. The molecule has 1 N–H and O–H groups in total. The van der Waals surface area contributed by atoms with E-state index in [0.717, 1.165) is 19.6 Å². The zero-order chi connectivity index (χ0) is 10.6. The molecule has 0 aromatic rings. The van der Waals surface area contributed by atoms with Gasteiger partial charge in [-0.2, -0.15) is 0 Å². The van der Waals surface area contributed by atoms with Gasteiger partial charge < -0.3 is 5.32 Å². The van der Waals surface area contributed by atoms with Crippen molar-refractivity contribution in [3.8, 4) is 12.3 Å². The molecule has 1 atom stereocenters. The van der Waals surface area contributed by atoms with E-state index >= 15 is 0 Å². The van der Waals surface area contributed by atoms with Crippen LogP contribution in [0.5, 0.6) is 0 Å². The van der Waals surface area contributed by atoms with Crippen LogP contribution in [0.1, 0.15) is 33.6 Å². The number of nitrogens with zero attached hydrogens (tertiary/aromatic N) is 1. The number of nitrogens with one attached hydrogen (secondary N) is 1. The highest BCUT2D eigenvalue weighted by molar-refractivity contribution is 5.10. The quantitative estimate of drug-likeness (QED) is 0.682. The van der Waals surface area contributed by atoms with Crippen LogP contribution in [0.3, 0.4) is 0 Å². The maximum atomic E-state index is 5.52. The summed E-state index contributed by atoms with van der Waals surface area (Å²) in [6.07, 6.45) is 7.95. The Morgan fingerprint density at radius 3 is 2.86 bits per heavy atom. The Hall–Kier alpha value is -0.520. The lowest BCUT2D eigenvalue weighted by atomic mass is 10.1. The molecule has 1 aliphatic rings. The van der Waals surface area contributed by atoms with Crippen molar-refractivity contribution in [1.29, 1.82) is 0 Å². The predicted octanol–water partition coefficient (Wildman–Crippen LogP) is 1.47. The van der Waals surface area contributed by atoms with Gasteiger partial charge >= 0.3 is 0 Å². The number of likely N-dealkylation sites (tertiary alicyclic amines) is 1. The third kappa shape index (κ3) is 2.73. The standard InChI is InChI=1S/C12H22N2/c1-5-8-13-11-7-9-14(10-11)12(3,4)6-2/h2,11,13H,5,7-10H2,1,3-4H3. The fraction of sp³-hybridized carbons (Fsp3) is 0.833. The second-order valence-corrected chi connectivity index (χ2v) is 4.59. The maximum Gasteiger partial charge on any atom is 0.0766 e. The zero-order valence-corrected chi connectivity index (χ0v) is 9.64. The minimum Gasteiger partial charge on any atom is -0.313 e. The summed E-state index contributed by atoms with van der Waals surface area (Å²) in [6, 6.07) is 0.641. The van der Waals surface area contributed by atoms with Gasteiger partial charge in [0, 0.05) is 19.1 Å². The van der Waals surface area contributed by atoms with Crippen molar-refractivity contribution in [2.45, 2.75) is 45.2 Å². The normalized spacial score (nSPS) is 23.7. The first-order valence-corrected chi connectivity index (χ1v) is 5.56. The van der Waals surface area contributed by atoms with E-state index < -0.39 is 0 Å². The summed E-state index contributed by atoms with van der Waals surface area (Å²) >= 11 is 0. The topological polar surface area (TPSA) is 15.3 Å². The number of hydrogen-bond donors (Lipinski definition) is 1. The average Bonchev–Trinajstić information content (AvgIpc) is 2.63. The molecule has 14 heavy (non-hydrogen) atoms. The summed E-state index contributed by atoms with van der Waals surface area (Å²) in [5, 5.41) is 3.55. The van der Waals surface area contributed by atoms with Gasteiger partial charge in [0.05, 0.1) is 5.54 Å². The van der Waals surface area contributed by atoms with E-state index in [1.807, 2.05) is 0 Å². The van der Waals surface area contributed by atoms with E-state index in [4.69, 9.17) is 6.42 Å². The van der Waals surface area contributed by atoms with Crippen molar-refractivity contribution in [3.63, 3.8) is 0 Å². The maximum absolute atomic E-state index is 5.52. The van der Waals surface area contributed by atoms with E-state index in [1.54, 1.807) is 0 Å². The van der Waals surface area contributed by atoms with Gasteiger partial charge in [-0.15, -0.1) is 6.42 Å². The van der Waals surface area contributed by atoms with E-state index in [2.05, 4.69) is 36.9 Å². The Morgan fingerprint density at radius 1 is 1.57 bits per heavy atom. The smallest absolute Gasteiger partial charge is 0.0766 e. The third-order valence-corrected chi connectivity index (χ3v) is 3.02. The van der Waals surface area contributed by atoms with Gasteiger partial charge in [0.1, 0.15) is 0 Å². The van der Waals surface area contributed by atoms with Gasteiger partial charge in [-0.05, 0) is 33.2 Å². The SMILES string of the molecule is C#CC(C)(C)N1CCC(NCCC)C1. The molecular weight excluding hydrogens is 172 g/mol. The molecule has 0 bridgehead atoms. The van der Waals surface area contributed by atoms with Gasteiger partial charge in [-0.3, -0.25) is 4.90 Å². The first kappa shape index (κ1) is 11.6. The summed E-state index contributed by atoms with van der Waals surface area (Å²) in [6.45, 7) is 9.78. The Balaban J connectivity index is 2.38. The highest BCUT2D eigenvalue weighted by atomic mass is 15.2. The van der Waals surface area contributed by atoms with Crippen LogP contribution in [0.15, 0.2) is 0 Å². The molecule has 1 rings (SSSR count). The fourth-order valence-corrected chi connectivity index (χ4v) is 1.87. The van der Waals surface area contributed by atoms with E-state index in [9.17, 15) is 0 Å². The van der Waals surface area contributed by atoms with Crippen LogP contribution in [-0.2, 0) is 0 Å². The minimum atomic E-state index is -0.0807. The van der Waals surface area contributed by atoms with Crippen LogP contribution in [0, 0.1) is 12.3 Å². The van der Waals surface area contributed by atoms with Crippen molar-refractivity contribution in [2.75, 3.05) is 19.6 Å². The van der Waals surface area contributed by atoms with Gasteiger partial charge in [-0.1, -0.05) is 12.8 Å². The molecule has 0 radical (unpaired) electrons. The molecule has 2 heteroatoms. The Bertz CT molecular complexity index is 215. The molecule has 80 valence electrons. The number of hydrogen-bond acceptors (Lipinski definition) is 2. The van der Waals surface area contributed by atoms with Crippen molar-refractivity contribution in [2.24, 2.45) is 0 Å². The Kier molecular flexibility index (Phi) is 3.97. The summed E-state index contributed by atoms with van der Waals surface area (Å²) in [5.41, 5.74) is -0.0807. The molecule has 1 heterocycles. The van der Waals surface area contributed by atoms with Crippen LogP contribution in [0.25, 0.3) is 0 Å². The lowest BCUT2D eigenvalue weighted by Crippen LogP contribution is -2.43. The van der Waals surface area contributed by atoms with Crippen LogP contribution in [0.4, 0.5) is 0 Å². The largest absolute Gasteiger partial charge is 0.313 e. The molecule has 1 aliphatic heterocycles. The van der Waals surface area contributed by atoms with Gasteiger partial charge in [-0.25, -0.2) is 0 Å². The van der Waals surface area contributed by atoms with Gasteiger partial charge in [0.25, 0.3) is 0 Å². The van der Waals surface area contributed by atoms with Crippen LogP contribution < -0.4 is 5.32 Å². The highest BCUT2D eigenvalue weighted by Crippen LogP contribution is 2.20. The first-order valence-electron chi connectivity index (χ1n) is 5.56. The van der Waals surface area contributed by atoms with Crippen LogP contribution in [0.2, 0.25) is 0 Å². The molecule has 0 aromatic heterocycles. The highest BCUT2D eigenvalue weighted by Gasteiger charge is 2.31. The lowest BCUT2D eigenvalue weighted by Gasteiger charge is -2.30. The van der Waals surface area contributed by atoms with Gasteiger partial charge in [0.15, 0.2) is 0 Å². The van der Waals surface area contributed by atoms with E-state index in [0.29, 0.717) is 6.04 Å². The predicted molar refractivity (Wildman–Crippen MR) is 61.2 cm³/mol. The molecule has 1 unspecified atom stereocenters. The summed E-state index contributed by atoms with van der Waals surface area (Å²) < 4.78 is 0. The van der Waals surface area contributed by atoms with E-state index in [-0.39, 0.29) is 5.54 Å². The molecular formula is C12H22N2. The third-order valence-electron chi connectivity index (χ3n) is 3.02. The fourth-order valence-electron chi connectivity index (χ4n) is 1.87. The molecule has 0 amide bonds. The number of rotatable bonds is 4. The van der Waals surface area contributed by atoms with Crippen molar-refractivity contribution < 1.29 is 0 Å². The molecule has 0 spiro atoms. The summed E-state index contributed by atoms with van der Waals surface area (Å²) in [7, 11) is 0. The van der Waals surface area contributed by atoms with Crippen molar-refractivity contribution >= 4 is 0 Å². The molecule has 0 saturated carbocycles. The zero-order valence-electron chi connectivity index (χ0n) is 9.64. The molecule has 0 aromatic carbocycles. The summed E-state index contributed by atoms with van der Waals surface area (Å²) in [4.78, 5) is 2.39. The monoisotopic (exact) mass is 194 g/mol. The van der Waals surface area contributed by atoms with Gasteiger partial charge in [0.2, 0.25) is 0 Å². The Labute approximate surface area is 88.1 Å². The summed E-state index contributed by atoms with van der Waals surface area (Å²) in [5.74, 6) is 2.86. The molecule has 1 fully saturated rings. The van der Waals surface area contributed by atoms with E-state index in [1.165, 1.54) is 12.8 Å². The second-order valence-electron chi connectivity index (χ2n) is 4.59. The average molecular weight is 194 g/mol. The lowest BCUT2D eigenvalue weighted by molar-refractivity contribution is 0.208. The first-order chi connectivity index (χ1) is 6.60. The second kappa shape index (κ2) is 4.82. The van der Waals surface area contributed by atoms with Crippen LogP contribution in [-0.4, -0.2) is 36.1 Å². The van der Waals surface area contributed by atoms with Crippen LogP contribution >= 0.6 is 0 Å².